The van der Waals surface area contributed by atoms with Crippen LogP contribution < -0.4 is 0 Å². The molecule has 0 saturated heterocycles. The van der Waals surface area contributed by atoms with Crippen molar-refractivity contribution in [2.24, 2.45) is 11.8 Å². The van der Waals surface area contributed by atoms with Crippen molar-refractivity contribution >= 4 is 0 Å². The number of benzene rings is 1. The summed E-state index contributed by atoms with van der Waals surface area (Å²) in [5, 5.41) is 9.68. The van der Waals surface area contributed by atoms with Crippen LogP contribution in [0.5, 0.6) is 0 Å². The lowest BCUT2D eigenvalue weighted by molar-refractivity contribution is 0.125. The molecule has 1 aromatic carbocycles. The van der Waals surface area contributed by atoms with Gasteiger partial charge in [-0.25, -0.2) is 0 Å². The minimum Gasteiger partial charge on any atom is -0.393 e. The van der Waals surface area contributed by atoms with Gasteiger partial charge in [-0.1, -0.05) is 37.3 Å². The first kappa shape index (κ1) is 11.7. The van der Waals surface area contributed by atoms with Gasteiger partial charge in [0.2, 0.25) is 0 Å². The molecule has 1 aliphatic carbocycles. The van der Waals surface area contributed by atoms with Gasteiger partial charge in [-0.2, -0.15) is 0 Å². The topological polar surface area (TPSA) is 20.2 Å². The monoisotopic (exact) mass is 218 g/mol. The van der Waals surface area contributed by atoms with Crippen molar-refractivity contribution in [3.05, 3.63) is 35.9 Å². The van der Waals surface area contributed by atoms with E-state index >= 15 is 0 Å². The first-order valence-corrected chi connectivity index (χ1v) is 6.49. The van der Waals surface area contributed by atoms with Crippen molar-refractivity contribution in [2.45, 2.75) is 45.1 Å². The van der Waals surface area contributed by atoms with Crippen LogP contribution in [0.1, 0.15) is 38.2 Å². The lowest BCUT2D eigenvalue weighted by Gasteiger charge is -2.17. The lowest BCUT2D eigenvalue weighted by atomic mass is 9.91. The van der Waals surface area contributed by atoms with Crippen LogP contribution in [-0.4, -0.2) is 11.2 Å². The lowest BCUT2D eigenvalue weighted by Crippen LogP contribution is -2.15. The smallest absolute Gasteiger partial charge is 0.0568 e. The molecule has 0 aliphatic heterocycles. The molecule has 88 valence electrons. The minimum atomic E-state index is -0.0401. The molecule has 1 fully saturated rings. The van der Waals surface area contributed by atoms with Gasteiger partial charge in [0.15, 0.2) is 0 Å². The van der Waals surface area contributed by atoms with Crippen LogP contribution >= 0.6 is 0 Å². The molecule has 1 saturated carbocycles. The van der Waals surface area contributed by atoms with Gasteiger partial charge < -0.3 is 5.11 Å². The number of aliphatic hydroxyl groups is 1. The molecule has 0 amide bonds. The van der Waals surface area contributed by atoms with Crippen LogP contribution in [0.15, 0.2) is 30.3 Å². The third-order valence-corrected chi connectivity index (χ3v) is 4.07. The molecule has 0 bridgehead atoms. The third kappa shape index (κ3) is 2.85. The Kier molecular flexibility index (Phi) is 4.00. The normalized spacial score (nSPS) is 29.5. The van der Waals surface area contributed by atoms with Crippen LogP contribution in [0.4, 0.5) is 0 Å². The van der Waals surface area contributed by atoms with E-state index in [9.17, 15) is 5.11 Å². The van der Waals surface area contributed by atoms with Crippen LogP contribution in [0.25, 0.3) is 0 Å². The predicted octanol–water partition coefficient (Wildman–Crippen LogP) is 3.42. The Bertz CT molecular complexity index is 306. The fourth-order valence-corrected chi connectivity index (χ4v) is 2.85. The molecule has 1 heteroatoms. The second-order valence-corrected chi connectivity index (χ2v) is 5.14. The number of hydrogen-bond donors (Lipinski definition) is 1. The largest absolute Gasteiger partial charge is 0.393 e. The summed E-state index contributed by atoms with van der Waals surface area (Å²) in [7, 11) is 0. The van der Waals surface area contributed by atoms with Gasteiger partial charge in [-0.3, -0.25) is 0 Å². The van der Waals surface area contributed by atoms with Crippen molar-refractivity contribution in [1.29, 1.82) is 0 Å². The number of aliphatic hydroxyl groups excluding tert-OH is 1. The molecule has 1 aliphatic rings. The summed E-state index contributed by atoms with van der Waals surface area (Å²) in [5.74, 6) is 1.26. The Labute approximate surface area is 98.5 Å². The van der Waals surface area contributed by atoms with Crippen LogP contribution in [0.3, 0.4) is 0 Å². The second kappa shape index (κ2) is 5.49. The molecule has 3 unspecified atom stereocenters. The number of aryl methyl sites for hydroxylation is 1. The van der Waals surface area contributed by atoms with E-state index in [2.05, 4.69) is 37.3 Å². The maximum atomic E-state index is 9.68. The van der Waals surface area contributed by atoms with Gasteiger partial charge in [0, 0.05) is 0 Å². The van der Waals surface area contributed by atoms with Gasteiger partial charge >= 0.3 is 0 Å². The maximum absolute atomic E-state index is 9.68. The number of hydrogen-bond acceptors (Lipinski definition) is 1. The van der Waals surface area contributed by atoms with Crippen LogP contribution in [0.2, 0.25) is 0 Å². The molecule has 2 rings (SSSR count). The first-order valence-electron chi connectivity index (χ1n) is 6.49. The summed E-state index contributed by atoms with van der Waals surface area (Å²) in [6, 6.07) is 10.7. The summed E-state index contributed by atoms with van der Waals surface area (Å²) in [6.45, 7) is 2.20. The van der Waals surface area contributed by atoms with Gasteiger partial charge in [0.05, 0.1) is 6.10 Å². The van der Waals surface area contributed by atoms with Gasteiger partial charge in [0.1, 0.15) is 0 Å². The Morgan fingerprint density at radius 2 is 1.94 bits per heavy atom. The zero-order valence-corrected chi connectivity index (χ0v) is 10.1. The van der Waals surface area contributed by atoms with Crippen molar-refractivity contribution in [3.8, 4) is 0 Å². The highest BCUT2D eigenvalue weighted by Gasteiger charge is 2.30. The summed E-state index contributed by atoms with van der Waals surface area (Å²) in [5.41, 5.74) is 1.44. The second-order valence-electron chi connectivity index (χ2n) is 5.14. The molecule has 16 heavy (non-hydrogen) atoms. The van der Waals surface area contributed by atoms with E-state index in [1.54, 1.807) is 0 Å². The highest BCUT2D eigenvalue weighted by Crippen LogP contribution is 2.34. The van der Waals surface area contributed by atoms with Crippen LogP contribution in [0, 0.1) is 11.8 Å². The van der Waals surface area contributed by atoms with Gasteiger partial charge in [-0.15, -0.1) is 0 Å². The third-order valence-electron chi connectivity index (χ3n) is 4.07. The Morgan fingerprint density at radius 3 is 2.56 bits per heavy atom. The molecule has 0 aromatic heterocycles. The summed E-state index contributed by atoms with van der Waals surface area (Å²) in [6.07, 6.45) is 5.90. The quantitative estimate of drug-likeness (QED) is 0.821. The minimum absolute atomic E-state index is 0.0401. The Morgan fingerprint density at radius 1 is 1.19 bits per heavy atom. The fourth-order valence-electron chi connectivity index (χ4n) is 2.85. The molecule has 1 N–H and O–H groups in total. The zero-order valence-electron chi connectivity index (χ0n) is 10.1. The van der Waals surface area contributed by atoms with Crippen LogP contribution in [-0.2, 0) is 6.42 Å². The van der Waals surface area contributed by atoms with Crippen molar-refractivity contribution in [3.63, 3.8) is 0 Å². The van der Waals surface area contributed by atoms with E-state index in [4.69, 9.17) is 0 Å². The standard InChI is InChI=1S/C15H22O/c1-12-14(10-11-15(12)16)9-5-8-13-6-3-2-4-7-13/h2-4,6-7,12,14-16H,5,8-11H2,1H3. The van der Waals surface area contributed by atoms with E-state index in [0.717, 1.165) is 12.3 Å². The van der Waals surface area contributed by atoms with Crippen molar-refractivity contribution in [2.75, 3.05) is 0 Å². The Hall–Kier alpha value is -0.820. The SMILES string of the molecule is CC1C(O)CCC1CCCc1ccccc1. The van der Waals surface area contributed by atoms with Gasteiger partial charge in [0.25, 0.3) is 0 Å². The molecule has 3 atom stereocenters. The summed E-state index contributed by atoms with van der Waals surface area (Å²) in [4.78, 5) is 0. The molecule has 1 nitrogen and oxygen atoms in total. The molecular formula is C15H22O. The van der Waals surface area contributed by atoms with E-state index in [-0.39, 0.29) is 6.10 Å². The fraction of sp³-hybridized carbons (Fsp3) is 0.600. The average molecular weight is 218 g/mol. The summed E-state index contributed by atoms with van der Waals surface area (Å²) >= 11 is 0. The maximum Gasteiger partial charge on any atom is 0.0568 e. The van der Waals surface area contributed by atoms with E-state index < -0.39 is 0 Å². The predicted molar refractivity (Wildman–Crippen MR) is 67.3 cm³/mol. The number of rotatable bonds is 4. The first-order chi connectivity index (χ1) is 7.77. The average Bonchev–Trinajstić information content (AvgIpc) is 2.62. The molecule has 1 aromatic rings. The zero-order chi connectivity index (χ0) is 11.4. The van der Waals surface area contributed by atoms with E-state index in [1.165, 1.54) is 31.2 Å². The molecule has 0 radical (unpaired) electrons. The van der Waals surface area contributed by atoms with Crippen molar-refractivity contribution < 1.29 is 5.11 Å². The van der Waals surface area contributed by atoms with Gasteiger partial charge in [-0.05, 0) is 49.5 Å². The molecule has 0 heterocycles. The summed E-state index contributed by atoms with van der Waals surface area (Å²) < 4.78 is 0. The molecular weight excluding hydrogens is 196 g/mol. The highest BCUT2D eigenvalue weighted by atomic mass is 16.3. The Balaban J connectivity index is 1.73. The van der Waals surface area contributed by atoms with E-state index in [0.29, 0.717) is 5.92 Å². The molecule has 0 spiro atoms. The highest BCUT2D eigenvalue weighted by molar-refractivity contribution is 5.14. The van der Waals surface area contributed by atoms with Crippen molar-refractivity contribution in [1.82, 2.24) is 0 Å². The van der Waals surface area contributed by atoms with E-state index in [1.807, 2.05) is 0 Å².